The Hall–Kier alpha value is -1.89. The smallest absolute Gasteiger partial charge is 0.150 e. The van der Waals surface area contributed by atoms with Crippen molar-refractivity contribution in [1.29, 1.82) is 0 Å². The van der Waals surface area contributed by atoms with Gasteiger partial charge >= 0.3 is 0 Å². The second-order valence-corrected chi connectivity index (χ2v) is 5.86. The summed E-state index contributed by atoms with van der Waals surface area (Å²) in [4.78, 5) is 11.1. The Balaban J connectivity index is 0.00000220. The van der Waals surface area contributed by atoms with Gasteiger partial charge in [-0.1, -0.05) is 76.7 Å². The van der Waals surface area contributed by atoms with E-state index in [0.717, 1.165) is 23.0 Å². The molecule has 0 unspecified atom stereocenters. The van der Waals surface area contributed by atoms with Crippen LogP contribution in [-0.2, 0) is 0 Å². The molecule has 1 nitrogen and oxygen atoms in total. The van der Waals surface area contributed by atoms with Gasteiger partial charge in [-0.05, 0) is 34.9 Å². The zero-order chi connectivity index (χ0) is 14.5. The minimum atomic E-state index is 0. The van der Waals surface area contributed by atoms with Crippen LogP contribution in [0.25, 0.3) is 11.1 Å². The third-order valence-electron chi connectivity index (χ3n) is 3.70. The Morgan fingerprint density at radius 3 is 2.14 bits per heavy atom. The first-order chi connectivity index (χ1) is 9.61. The van der Waals surface area contributed by atoms with Crippen molar-refractivity contribution in [3.63, 3.8) is 0 Å². The van der Waals surface area contributed by atoms with E-state index < -0.39 is 0 Å². The molecular weight excluding hydrogens is 256 g/mol. The lowest BCUT2D eigenvalue weighted by molar-refractivity contribution is 0.112. The molecule has 21 heavy (non-hydrogen) atoms. The Kier molecular flexibility index (Phi) is 6.36. The third-order valence-corrected chi connectivity index (χ3v) is 3.70. The summed E-state index contributed by atoms with van der Waals surface area (Å²) >= 11 is 0. The third kappa shape index (κ3) is 4.29. The van der Waals surface area contributed by atoms with Crippen molar-refractivity contribution in [1.82, 2.24) is 0 Å². The molecule has 0 aliphatic rings. The summed E-state index contributed by atoms with van der Waals surface area (Å²) in [6, 6.07) is 16.3. The minimum absolute atomic E-state index is 0. The quantitative estimate of drug-likeness (QED) is 0.619. The molecular formula is C20H26O. The fourth-order valence-corrected chi connectivity index (χ4v) is 2.70. The van der Waals surface area contributed by atoms with Gasteiger partial charge in [-0.2, -0.15) is 0 Å². The molecule has 0 spiro atoms. The number of rotatable bonds is 5. The lowest BCUT2D eigenvalue weighted by atomic mass is 9.90. The van der Waals surface area contributed by atoms with Crippen LogP contribution >= 0.6 is 0 Å². The lowest BCUT2D eigenvalue weighted by Gasteiger charge is -2.15. The van der Waals surface area contributed by atoms with E-state index >= 15 is 0 Å². The number of benzene rings is 2. The molecule has 1 atom stereocenters. The Morgan fingerprint density at radius 1 is 0.952 bits per heavy atom. The largest absolute Gasteiger partial charge is 0.298 e. The van der Waals surface area contributed by atoms with Gasteiger partial charge < -0.3 is 0 Å². The van der Waals surface area contributed by atoms with Crippen LogP contribution in [0.2, 0.25) is 0 Å². The molecule has 0 aliphatic carbocycles. The second-order valence-electron chi connectivity index (χ2n) is 5.86. The molecule has 0 aliphatic heterocycles. The zero-order valence-electron chi connectivity index (χ0n) is 12.5. The van der Waals surface area contributed by atoms with Crippen molar-refractivity contribution in [2.45, 2.75) is 40.5 Å². The van der Waals surface area contributed by atoms with Crippen molar-refractivity contribution in [2.75, 3.05) is 0 Å². The summed E-state index contributed by atoms with van der Waals surface area (Å²) in [5.74, 6) is 1.28. The first-order valence-corrected chi connectivity index (χ1v) is 7.26. The fraction of sp³-hybridized carbons (Fsp3) is 0.350. The Morgan fingerprint density at radius 2 is 1.57 bits per heavy atom. The molecule has 0 heterocycles. The highest BCUT2D eigenvalue weighted by atomic mass is 16.1. The number of hydrogen-bond acceptors (Lipinski definition) is 1. The molecule has 0 amide bonds. The maximum Gasteiger partial charge on any atom is 0.150 e. The molecule has 1 heteroatoms. The fourth-order valence-electron chi connectivity index (χ4n) is 2.70. The minimum Gasteiger partial charge on any atom is -0.298 e. The maximum atomic E-state index is 11.1. The monoisotopic (exact) mass is 282 g/mol. The van der Waals surface area contributed by atoms with E-state index in [0.29, 0.717) is 11.8 Å². The molecule has 2 aromatic rings. The van der Waals surface area contributed by atoms with E-state index in [1.165, 1.54) is 12.0 Å². The average Bonchev–Trinajstić information content (AvgIpc) is 2.46. The van der Waals surface area contributed by atoms with Gasteiger partial charge in [-0.25, -0.2) is 0 Å². The van der Waals surface area contributed by atoms with E-state index in [9.17, 15) is 4.79 Å². The number of aldehydes is 1. The van der Waals surface area contributed by atoms with Gasteiger partial charge in [0.25, 0.3) is 0 Å². The van der Waals surface area contributed by atoms with Crippen LogP contribution in [0.3, 0.4) is 0 Å². The zero-order valence-corrected chi connectivity index (χ0v) is 12.5. The van der Waals surface area contributed by atoms with E-state index in [4.69, 9.17) is 0 Å². The number of carbonyl (C=O) groups is 1. The van der Waals surface area contributed by atoms with Crippen LogP contribution in [-0.4, -0.2) is 6.29 Å². The predicted molar refractivity (Wildman–Crippen MR) is 91.9 cm³/mol. The highest BCUT2D eigenvalue weighted by molar-refractivity contribution is 5.87. The highest BCUT2D eigenvalue weighted by Gasteiger charge is 2.09. The van der Waals surface area contributed by atoms with Crippen LogP contribution in [0.5, 0.6) is 0 Å². The average molecular weight is 282 g/mol. The van der Waals surface area contributed by atoms with Crippen molar-refractivity contribution in [2.24, 2.45) is 5.92 Å². The first kappa shape index (κ1) is 17.2. The van der Waals surface area contributed by atoms with Gasteiger partial charge in [0.05, 0.1) is 0 Å². The molecule has 0 radical (unpaired) electrons. The number of carbonyl (C=O) groups excluding carboxylic acids is 1. The molecule has 0 saturated heterocycles. The van der Waals surface area contributed by atoms with Crippen LogP contribution in [0.4, 0.5) is 0 Å². The summed E-state index contributed by atoms with van der Waals surface area (Å²) in [6.45, 7) is 6.78. The van der Waals surface area contributed by atoms with E-state index in [-0.39, 0.29) is 7.43 Å². The van der Waals surface area contributed by atoms with E-state index in [1.807, 2.05) is 24.3 Å². The van der Waals surface area contributed by atoms with Gasteiger partial charge in [-0.15, -0.1) is 0 Å². The van der Waals surface area contributed by atoms with Crippen molar-refractivity contribution < 1.29 is 4.79 Å². The van der Waals surface area contributed by atoms with Crippen molar-refractivity contribution in [3.05, 3.63) is 59.7 Å². The standard InChI is InChI=1S/C19H22O.CH4/c1-14(2)12-15(3)16-8-10-17(11-9-16)19-7-5-4-6-18(19)13-20;/h4-11,13-15H,12H2,1-3H3;1H4/t15-;/m1./s1. The number of hydrogen-bond donors (Lipinski definition) is 0. The molecule has 0 bridgehead atoms. The first-order valence-electron chi connectivity index (χ1n) is 7.26. The second kappa shape index (κ2) is 7.78. The van der Waals surface area contributed by atoms with Crippen molar-refractivity contribution in [3.8, 4) is 11.1 Å². The Labute approximate surface area is 129 Å². The molecule has 0 aromatic heterocycles. The highest BCUT2D eigenvalue weighted by Crippen LogP contribution is 2.27. The van der Waals surface area contributed by atoms with Crippen molar-refractivity contribution >= 4 is 6.29 Å². The summed E-state index contributed by atoms with van der Waals surface area (Å²) in [6.07, 6.45) is 2.12. The van der Waals surface area contributed by atoms with Crippen LogP contribution < -0.4 is 0 Å². The molecule has 0 fully saturated rings. The SMILES string of the molecule is C.CC(C)C[C@@H](C)c1ccc(-c2ccccc2C=O)cc1. The topological polar surface area (TPSA) is 17.1 Å². The van der Waals surface area contributed by atoms with Gasteiger partial charge in [-0.3, -0.25) is 4.79 Å². The maximum absolute atomic E-state index is 11.1. The molecule has 0 N–H and O–H groups in total. The van der Waals surface area contributed by atoms with Crippen LogP contribution in [0.15, 0.2) is 48.5 Å². The van der Waals surface area contributed by atoms with E-state index in [2.05, 4.69) is 45.0 Å². The van der Waals surface area contributed by atoms with Gasteiger partial charge in [0.15, 0.2) is 6.29 Å². The lowest BCUT2D eigenvalue weighted by Crippen LogP contribution is -1.98. The summed E-state index contributed by atoms with van der Waals surface area (Å²) in [7, 11) is 0. The van der Waals surface area contributed by atoms with Gasteiger partial charge in [0.2, 0.25) is 0 Å². The molecule has 2 aromatic carbocycles. The Bertz CT molecular complexity index is 567. The van der Waals surface area contributed by atoms with Gasteiger partial charge in [0, 0.05) is 5.56 Å². The summed E-state index contributed by atoms with van der Waals surface area (Å²) < 4.78 is 0. The van der Waals surface area contributed by atoms with Crippen LogP contribution in [0, 0.1) is 5.92 Å². The summed E-state index contributed by atoms with van der Waals surface area (Å²) in [5.41, 5.74) is 4.22. The van der Waals surface area contributed by atoms with Crippen LogP contribution in [0.1, 0.15) is 56.5 Å². The molecule has 112 valence electrons. The molecule has 0 saturated carbocycles. The van der Waals surface area contributed by atoms with Gasteiger partial charge in [0.1, 0.15) is 0 Å². The molecule has 2 rings (SSSR count). The van der Waals surface area contributed by atoms with E-state index in [1.54, 1.807) is 0 Å². The summed E-state index contributed by atoms with van der Waals surface area (Å²) in [5, 5.41) is 0. The predicted octanol–water partition coefficient (Wildman–Crippen LogP) is 5.95. The normalized spacial score (nSPS) is 11.8.